The number of carbonyl (C=O) groups is 1. The SMILES string of the molecule is Cc1ccc(S(=O)(=O)N(CCc2ccccc2)CC(=O)N2CCNCC2)c(C)c1. The molecule has 6 nitrogen and oxygen atoms in total. The smallest absolute Gasteiger partial charge is 0.243 e. The zero-order valence-electron chi connectivity index (χ0n) is 17.1. The Bertz CT molecular complexity index is 939. The highest BCUT2D eigenvalue weighted by Crippen LogP contribution is 2.22. The number of nitrogens with one attached hydrogen (secondary N) is 1. The van der Waals surface area contributed by atoms with Gasteiger partial charge in [-0.05, 0) is 37.5 Å². The first-order valence-corrected chi connectivity index (χ1v) is 11.4. The topological polar surface area (TPSA) is 69.7 Å². The zero-order chi connectivity index (χ0) is 20.9. The van der Waals surface area contributed by atoms with Gasteiger partial charge in [-0.25, -0.2) is 8.42 Å². The Kier molecular flexibility index (Phi) is 7.05. The number of hydrogen-bond acceptors (Lipinski definition) is 4. The maximum absolute atomic E-state index is 13.4. The molecule has 1 fully saturated rings. The second-order valence-electron chi connectivity index (χ2n) is 7.47. The van der Waals surface area contributed by atoms with E-state index in [2.05, 4.69) is 5.32 Å². The molecule has 1 amide bonds. The van der Waals surface area contributed by atoms with Gasteiger partial charge in [0.15, 0.2) is 0 Å². The van der Waals surface area contributed by atoms with Crippen LogP contribution in [0, 0.1) is 13.8 Å². The van der Waals surface area contributed by atoms with E-state index in [4.69, 9.17) is 0 Å². The van der Waals surface area contributed by atoms with Crippen molar-refractivity contribution in [3.8, 4) is 0 Å². The highest BCUT2D eigenvalue weighted by atomic mass is 32.2. The first-order valence-electron chi connectivity index (χ1n) is 9.98. The number of sulfonamides is 1. The summed E-state index contributed by atoms with van der Waals surface area (Å²) in [6.45, 7) is 6.54. The summed E-state index contributed by atoms with van der Waals surface area (Å²) in [6.07, 6.45) is 0.555. The second-order valence-corrected chi connectivity index (χ2v) is 9.38. The minimum absolute atomic E-state index is 0.136. The van der Waals surface area contributed by atoms with E-state index in [0.29, 0.717) is 25.1 Å². The summed E-state index contributed by atoms with van der Waals surface area (Å²) >= 11 is 0. The van der Waals surface area contributed by atoms with Gasteiger partial charge in [-0.1, -0.05) is 48.0 Å². The molecule has 0 atom stereocenters. The molecule has 0 unspecified atom stereocenters. The molecule has 156 valence electrons. The van der Waals surface area contributed by atoms with Gasteiger partial charge in [-0.2, -0.15) is 4.31 Å². The maximum atomic E-state index is 13.4. The molecule has 2 aromatic carbocycles. The van der Waals surface area contributed by atoms with Crippen LogP contribution in [0.3, 0.4) is 0 Å². The van der Waals surface area contributed by atoms with Crippen LogP contribution in [0.1, 0.15) is 16.7 Å². The van der Waals surface area contributed by atoms with E-state index in [1.807, 2.05) is 43.3 Å². The quantitative estimate of drug-likeness (QED) is 0.751. The van der Waals surface area contributed by atoms with Crippen molar-refractivity contribution in [2.45, 2.75) is 25.2 Å². The molecular formula is C22H29N3O3S. The average Bonchev–Trinajstić information content (AvgIpc) is 2.72. The van der Waals surface area contributed by atoms with E-state index in [9.17, 15) is 13.2 Å². The number of carbonyl (C=O) groups excluding carboxylic acids is 1. The van der Waals surface area contributed by atoms with E-state index < -0.39 is 10.0 Å². The van der Waals surface area contributed by atoms with Crippen molar-refractivity contribution in [1.29, 1.82) is 0 Å². The lowest BCUT2D eigenvalue weighted by Gasteiger charge is -2.30. The van der Waals surface area contributed by atoms with Crippen molar-refractivity contribution in [2.24, 2.45) is 0 Å². The first kappa shape index (κ1) is 21.5. The molecule has 7 heteroatoms. The van der Waals surface area contributed by atoms with Crippen LogP contribution in [0.2, 0.25) is 0 Å². The normalized spacial score (nSPS) is 14.9. The van der Waals surface area contributed by atoms with E-state index >= 15 is 0 Å². The van der Waals surface area contributed by atoms with E-state index in [0.717, 1.165) is 24.2 Å². The predicted octanol–water partition coefficient (Wildman–Crippen LogP) is 1.97. The first-order chi connectivity index (χ1) is 13.9. The van der Waals surface area contributed by atoms with Crippen molar-refractivity contribution >= 4 is 15.9 Å². The molecular weight excluding hydrogens is 386 g/mol. The summed E-state index contributed by atoms with van der Waals surface area (Å²) in [7, 11) is -3.78. The van der Waals surface area contributed by atoms with Crippen molar-refractivity contribution in [3.63, 3.8) is 0 Å². The minimum Gasteiger partial charge on any atom is -0.339 e. The molecule has 1 aliphatic rings. The number of hydrogen-bond donors (Lipinski definition) is 1. The molecule has 0 saturated carbocycles. The highest BCUT2D eigenvalue weighted by molar-refractivity contribution is 7.89. The summed E-state index contributed by atoms with van der Waals surface area (Å²) < 4.78 is 28.2. The van der Waals surface area contributed by atoms with Crippen molar-refractivity contribution < 1.29 is 13.2 Å². The van der Waals surface area contributed by atoms with Gasteiger partial charge in [0.2, 0.25) is 15.9 Å². The zero-order valence-corrected chi connectivity index (χ0v) is 17.9. The molecule has 0 bridgehead atoms. The van der Waals surface area contributed by atoms with Gasteiger partial charge in [0, 0.05) is 32.7 Å². The summed E-state index contributed by atoms with van der Waals surface area (Å²) in [4.78, 5) is 14.8. The maximum Gasteiger partial charge on any atom is 0.243 e. The lowest BCUT2D eigenvalue weighted by Crippen LogP contribution is -2.50. The van der Waals surface area contributed by atoms with Crippen LogP contribution in [0.4, 0.5) is 0 Å². The Labute approximate surface area is 173 Å². The Hall–Kier alpha value is -2.22. The highest BCUT2D eigenvalue weighted by Gasteiger charge is 2.29. The fourth-order valence-electron chi connectivity index (χ4n) is 3.58. The molecule has 0 aliphatic carbocycles. The van der Waals surface area contributed by atoms with Crippen molar-refractivity contribution in [3.05, 3.63) is 65.2 Å². The number of rotatable bonds is 7. The fraction of sp³-hybridized carbons (Fsp3) is 0.409. The monoisotopic (exact) mass is 415 g/mol. The van der Waals surface area contributed by atoms with Gasteiger partial charge in [0.05, 0.1) is 11.4 Å². The van der Waals surface area contributed by atoms with Crippen molar-refractivity contribution in [1.82, 2.24) is 14.5 Å². The average molecular weight is 416 g/mol. The lowest BCUT2D eigenvalue weighted by atomic mass is 10.1. The van der Waals surface area contributed by atoms with Crippen LogP contribution in [-0.2, 0) is 21.2 Å². The van der Waals surface area contributed by atoms with Gasteiger partial charge in [-0.15, -0.1) is 0 Å². The Morgan fingerprint density at radius 2 is 1.76 bits per heavy atom. The Morgan fingerprint density at radius 3 is 2.41 bits per heavy atom. The third-order valence-electron chi connectivity index (χ3n) is 5.22. The Morgan fingerprint density at radius 1 is 1.07 bits per heavy atom. The van der Waals surface area contributed by atoms with E-state index in [1.165, 1.54) is 4.31 Å². The molecule has 1 aliphatic heterocycles. The standard InChI is InChI=1S/C22H29N3O3S/c1-18-8-9-21(19(2)16-18)29(27,28)25(13-10-20-6-4-3-5-7-20)17-22(26)24-14-11-23-12-15-24/h3-9,16,23H,10-15,17H2,1-2H3. The molecule has 2 aromatic rings. The molecule has 0 spiro atoms. The summed E-state index contributed by atoms with van der Waals surface area (Å²) in [5.74, 6) is -0.145. The number of piperazine rings is 1. The predicted molar refractivity (Wildman–Crippen MR) is 114 cm³/mol. The fourth-order valence-corrected chi connectivity index (χ4v) is 5.17. The minimum atomic E-state index is -3.78. The van der Waals surface area contributed by atoms with E-state index in [-0.39, 0.29) is 23.9 Å². The van der Waals surface area contributed by atoms with Crippen LogP contribution in [0.15, 0.2) is 53.4 Å². The number of benzene rings is 2. The van der Waals surface area contributed by atoms with Gasteiger partial charge in [-0.3, -0.25) is 4.79 Å². The summed E-state index contributed by atoms with van der Waals surface area (Å²) in [6, 6.07) is 15.1. The molecule has 3 rings (SSSR count). The van der Waals surface area contributed by atoms with Gasteiger partial charge >= 0.3 is 0 Å². The number of aryl methyl sites for hydroxylation is 2. The van der Waals surface area contributed by atoms with Crippen molar-refractivity contribution in [2.75, 3.05) is 39.3 Å². The third-order valence-corrected chi connectivity index (χ3v) is 7.23. The number of amides is 1. The third kappa shape index (κ3) is 5.44. The lowest BCUT2D eigenvalue weighted by molar-refractivity contribution is -0.131. The largest absolute Gasteiger partial charge is 0.339 e. The molecule has 0 radical (unpaired) electrons. The molecule has 1 N–H and O–H groups in total. The second kappa shape index (κ2) is 9.52. The molecule has 0 aromatic heterocycles. The van der Waals surface area contributed by atoms with Crippen LogP contribution in [-0.4, -0.2) is 62.8 Å². The molecule has 1 heterocycles. The number of nitrogens with zero attached hydrogens (tertiary/aromatic N) is 2. The van der Waals surface area contributed by atoms with Crippen LogP contribution in [0.5, 0.6) is 0 Å². The van der Waals surface area contributed by atoms with Crippen LogP contribution in [0.25, 0.3) is 0 Å². The van der Waals surface area contributed by atoms with E-state index in [1.54, 1.807) is 24.0 Å². The Balaban J connectivity index is 1.85. The van der Waals surface area contributed by atoms with Gasteiger partial charge < -0.3 is 10.2 Å². The van der Waals surface area contributed by atoms with Gasteiger partial charge in [0.25, 0.3) is 0 Å². The molecule has 29 heavy (non-hydrogen) atoms. The van der Waals surface area contributed by atoms with Crippen LogP contribution < -0.4 is 5.32 Å². The van der Waals surface area contributed by atoms with Crippen LogP contribution >= 0.6 is 0 Å². The van der Waals surface area contributed by atoms with Gasteiger partial charge in [0.1, 0.15) is 0 Å². The molecule has 1 saturated heterocycles. The summed E-state index contributed by atoms with van der Waals surface area (Å²) in [5.41, 5.74) is 2.75. The summed E-state index contributed by atoms with van der Waals surface area (Å²) in [5, 5.41) is 3.21.